The van der Waals surface area contributed by atoms with E-state index in [0.29, 0.717) is 36.1 Å². The van der Waals surface area contributed by atoms with Gasteiger partial charge in [-0.3, -0.25) is 4.79 Å². The van der Waals surface area contributed by atoms with Crippen LogP contribution in [-0.4, -0.2) is 44.2 Å². The molecule has 0 spiro atoms. The molecule has 21 heavy (non-hydrogen) atoms. The van der Waals surface area contributed by atoms with E-state index in [4.69, 9.17) is 15.2 Å². The van der Waals surface area contributed by atoms with Crippen LogP contribution in [0.1, 0.15) is 30.1 Å². The first-order valence-electron chi connectivity index (χ1n) is 7.46. The van der Waals surface area contributed by atoms with Gasteiger partial charge in [-0.15, -0.1) is 0 Å². The molecule has 1 aromatic rings. The number of nitrogen functional groups attached to an aromatic ring is 1. The third-order valence-electron chi connectivity index (χ3n) is 3.62. The maximum atomic E-state index is 12.5. The molecule has 2 rings (SSSR count). The quantitative estimate of drug-likeness (QED) is 0.845. The summed E-state index contributed by atoms with van der Waals surface area (Å²) in [7, 11) is 1.82. The highest BCUT2D eigenvalue weighted by atomic mass is 16.5. The second-order valence-corrected chi connectivity index (χ2v) is 5.49. The number of nitrogens with zero attached hydrogens (tertiary/aromatic N) is 1. The lowest BCUT2D eigenvalue weighted by Gasteiger charge is -2.27. The topological polar surface area (TPSA) is 64.8 Å². The summed E-state index contributed by atoms with van der Waals surface area (Å²) in [5, 5.41) is 0. The first kappa shape index (κ1) is 15.6. The average molecular weight is 292 g/mol. The number of ether oxygens (including phenoxy) is 2. The van der Waals surface area contributed by atoms with Gasteiger partial charge in [0, 0.05) is 37.5 Å². The highest BCUT2D eigenvalue weighted by molar-refractivity contribution is 5.95. The van der Waals surface area contributed by atoms with Crippen molar-refractivity contribution in [2.24, 2.45) is 5.92 Å². The summed E-state index contributed by atoms with van der Waals surface area (Å²) in [6, 6.07) is 5.17. The minimum Gasteiger partial charge on any atom is -0.494 e. The first-order valence-corrected chi connectivity index (χ1v) is 7.46. The normalized spacial score (nSPS) is 18.3. The standard InChI is InChI=1S/C16H24N2O3/c1-3-21-15-8-13(7-14(17)9-15)16(19)18(2)10-12-5-4-6-20-11-12/h7-9,12H,3-6,10-11,17H2,1-2H3. The largest absolute Gasteiger partial charge is 0.494 e. The maximum Gasteiger partial charge on any atom is 0.253 e. The number of benzene rings is 1. The fraction of sp³-hybridized carbons (Fsp3) is 0.562. The molecule has 1 atom stereocenters. The molecular formula is C16H24N2O3. The van der Waals surface area contributed by atoms with Crippen LogP contribution in [-0.2, 0) is 4.74 Å². The van der Waals surface area contributed by atoms with Crippen LogP contribution in [0.2, 0.25) is 0 Å². The van der Waals surface area contributed by atoms with E-state index >= 15 is 0 Å². The van der Waals surface area contributed by atoms with Crippen LogP contribution in [0, 0.1) is 5.92 Å². The molecule has 0 bridgehead atoms. The Bertz CT molecular complexity index is 484. The second kappa shape index (κ2) is 7.31. The highest BCUT2D eigenvalue weighted by Gasteiger charge is 2.20. The van der Waals surface area contributed by atoms with Crippen molar-refractivity contribution in [2.75, 3.05) is 39.1 Å². The summed E-state index contributed by atoms with van der Waals surface area (Å²) in [5.74, 6) is 1.02. The van der Waals surface area contributed by atoms with Crippen molar-refractivity contribution in [3.63, 3.8) is 0 Å². The molecule has 0 radical (unpaired) electrons. The van der Waals surface area contributed by atoms with Gasteiger partial charge in [0.15, 0.2) is 0 Å². The summed E-state index contributed by atoms with van der Waals surface area (Å²) in [5.41, 5.74) is 6.95. The van der Waals surface area contributed by atoms with Gasteiger partial charge in [-0.2, -0.15) is 0 Å². The Labute approximate surface area is 126 Å². The van der Waals surface area contributed by atoms with E-state index in [0.717, 1.165) is 26.1 Å². The minimum absolute atomic E-state index is 0.0335. The van der Waals surface area contributed by atoms with Crippen molar-refractivity contribution in [2.45, 2.75) is 19.8 Å². The molecule has 0 aromatic heterocycles. The summed E-state index contributed by atoms with van der Waals surface area (Å²) < 4.78 is 10.9. The third-order valence-corrected chi connectivity index (χ3v) is 3.62. The Balaban J connectivity index is 2.03. The molecule has 1 fully saturated rings. The molecule has 1 aromatic carbocycles. The smallest absolute Gasteiger partial charge is 0.253 e. The number of carbonyl (C=O) groups is 1. The van der Waals surface area contributed by atoms with Crippen LogP contribution in [0.3, 0.4) is 0 Å². The van der Waals surface area contributed by atoms with Crippen molar-refractivity contribution < 1.29 is 14.3 Å². The van der Waals surface area contributed by atoms with Crippen molar-refractivity contribution in [1.82, 2.24) is 4.90 Å². The van der Waals surface area contributed by atoms with Gasteiger partial charge in [0.05, 0.1) is 13.2 Å². The highest BCUT2D eigenvalue weighted by Crippen LogP contribution is 2.21. The van der Waals surface area contributed by atoms with E-state index < -0.39 is 0 Å². The summed E-state index contributed by atoms with van der Waals surface area (Å²) in [6.07, 6.45) is 2.18. The zero-order chi connectivity index (χ0) is 15.2. The fourth-order valence-electron chi connectivity index (χ4n) is 2.64. The minimum atomic E-state index is -0.0335. The summed E-state index contributed by atoms with van der Waals surface area (Å²) in [4.78, 5) is 14.2. The molecule has 116 valence electrons. The number of rotatable bonds is 5. The van der Waals surface area contributed by atoms with E-state index in [1.54, 1.807) is 23.1 Å². The Kier molecular flexibility index (Phi) is 5.44. The summed E-state index contributed by atoms with van der Waals surface area (Å²) >= 11 is 0. The third kappa shape index (κ3) is 4.36. The molecule has 1 heterocycles. The number of amides is 1. The lowest BCUT2D eigenvalue weighted by molar-refractivity contribution is 0.0388. The first-order chi connectivity index (χ1) is 10.1. The lowest BCUT2D eigenvalue weighted by Crippen LogP contribution is -2.35. The van der Waals surface area contributed by atoms with Crippen molar-refractivity contribution in [1.29, 1.82) is 0 Å². The number of hydrogen-bond donors (Lipinski definition) is 1. The molecule has 1 saturated heterocycles. The molecule has 1 unspecified atom stereocenters. The average Bonchev–Trinajstić information content (AvgIpc) is 2.47. The van der Waals surface area contributed by atoms with Gasteiger partial charge < -0.3 is 20.1 Å². The second-order valence-electron chi connectivity index (χ2n) is 5.49. The van der Waals surface area contributed by atoms with Crippen molar-refractivity contribution >= 4 is 11.6 Å². The number of hydrogen-bond acceptors (Lipinski definition) is 4. The fourth-order valence-corrected chi connectivity index (χ4v) is 2.64. The predicted octanol–water partition coefficient (Wildman–Crippen LogP) is 2.17. The van der Waals surface area contributed by atoms with Gasteiger partial charge in [0.1, 0.15) is 5.75 Å². The zero-order valence-electron chi connectivity index (χ0n) is 12.8. The zero-order valence-corrected chi connectivity index (χ0v) is 12.8. The van der Waals surface area contributed by atoms with Gasteiger partial charge in [0.2, 0.25) is 0 Å². The Morgan fingerprint density at radius 2 is 2.29 bits per heavy atom. The van der Waals surface area contributed by atoms with Crippen LogP contribution < -0.4 is 10.5 Å². The summed E-state index contributed by atoms with van der Waals surface area (Å²) in [6.45, 7) is 4.73. The van der Waals surface area contributed by atoms with Gasteiger partial charge in [-0.05, 0) is 37.8 Å². The van der Waals surface area contributed by atoms with Crippen molar-refractivity contribution in [3.8, 4) is 5.75 Å². The molecule has 5 nitrogen and oxygen atoms in total. The van der Waals surface area contributed by atoms with E-state index in [-0.39, 0.29) is 5.91 Å². The molecule has 0 aliphatic carbocycles. The van der Waals surface area contributed by atoms with Gasteiger partial charge >= 0.3 is 0 Å². The van der Waals surface area contributed by atoms with Crippen LogP contribution >= 0.6 is 0 Å². The van der Waals surface area contributed by atoms with Crippen LogP contribution in [0.4, 0.5) is 5.69 Å². The monoisotopic (exact) mass is 292 g/mol. The predicted molar refractivity (Wildman–Crippen MR) is 82.5 cm³/mol. The Morgan fingerprint density at radius 1 is 1.48 bits per heavy atom. The molecule has 2 N–H and O–H groups in total. The van der Waals surface area contributed by atoms with E-state index in [9.17, 15) is 4.79 Å². The number of anilines is 1. The van der Waals surface area contributed by atoms with Crippen LogP contribution in [0.25, 0.3) is 0 Å². The number of carbonyl (C=O) groups excluding carboxylic acids is 1. The molecular weight excluding hydrogens is 268 g/mol. The molecule has 1 amide bonds. The van der Waals surface area contributed by atoms with Gasteiger partial charge in [-0.25, -0.2) is 0 Å². The maximum absolute atomic E-state index is 12.5. The number of nitrogens with two attached hydrogens (primary N) is 1. The van der Waals surface area contributed by atoms with E-state index in [1.807, 2.05) is 14.0 Å². The van der Waals surface area contributed by atoms with Crippen LogP contribution in [0.5, 0.6) is 5.75 Å². The molecule has 5 heteroatoms. The molecule has 1 aliphatic heterocycles. The lowest BCUT2D eigenvalue weighted by atomic mass is 10.0. The van der Waals surface area contributed by atoms with E-state index in [1.165, 1.54) is 0 Å². The van der Waals surface area contributed by atoms with Gasteiger partial charge in [0.25, 0.3) is 5.91 Å². The Hall–Kier alpha value is -1.75. The molecule has 1 aliphatic rings. The molecule has 0 saturated carbocycles. The Morgan fingerprint density at radius 3 is 2.95 bits per heavy atom. The van der Waals surface area contributed by atoms with Crippen LogP contribution in [0.15, 0.2) is 18.2 Å². The SMILES string of the molecule is CCOc1cc(N)cc(C(=O)N(C)CC2CCCOC2)c1. The van der Waals surface area contributed by atoms with E-state index in [2.05, 4.69) is 0 Å². The van der Waals surface area contributed by atoms with Gasteiger partial charge in [-0.1, -0.05) is 0 Å². The van der Waals surface area contributed by atoms with Crippen molar-refractivity contribution in [3.05, 3.63) is 23.8 Å².